The Morgan fingerprint density at radius 2 is 2.38 bits per heavy atom. The number of rotatable bonds is 4. The molecule has 1 atom stereocenters. The molecule has 1 aliphatic carbocycles. The molecule has 1 N–H and O–H groups in total. The van der Waals surface area contributed by atoms with Gasteiger partial charge in [0.2, 0.25) is 0 Å². The van der Waals surface area contributed by atoms with Crippen molar-refractivity contribution in [3.05, 3.63) is 23.8 Å². The Kier molecular flexibility index (Phi) is 4.19. The Morgan fingerprint density at radius 1 is 1.62 bits per heavy atom. The van der Waals surface area contributed by atoms with Gasteiger partial charge in [0.05, 0.1) is 6.61 Å². The predicted octanol–water partition coefficient (Wildman–Crippen LogP) is 1.43. The summed E-state index contributed by atoms with van der Waals surface area (Å²) in [5.74, 6) is 0.626. The quantitative estimate of drug-likeness (QED) is 0.709. The summed E-state index contributed by atoms with van der Waals surface area (Å²) in [4.78, 5) is 2.17. The number of hydrogen-bond donors (Lipinski definition) is 1. The lowest BCUT2D eigenvalue weighted by Crippen LogP contribution is -2.28. The molecule has 1 rings (SSSR count). The third-order valence-electron chi connectivity index (χ3n) is 2.38. The predicted molar refractivity (Wildman–Crippen MR) is 55.6 cm³/mol. The molecule has 0 heterocycles. The minimum Gasteiger partial charge on any atom is -0.395 e. The molecule has 0 saturated heterocycles. The summed E-state index contributed by atoms with van der Waals surface area (Å²) in [5.41, 5.74) is 1.45. The van der Waals surface area contributed by atoms with Gasteiger partial charge in [-0.15, -0.1) is 0 Å². The molecule has 0 fully saturated rings. The van der Waals surface area contributed by atoms with E-state index in [1.54, 1.807) is 0 Å². The standard InChI is InChI=1S/C11H19NO/c1-10-4-3-5-11(8-10)9-12(2)6-7-13/h3-5,11,13H,6-9H2,1-2H3. The highest BCUT2D eigenvalue weighted by Crippen LogP contribution is 2.18. The smallest absolute Gasteiger partial charge is 0.0558 e. The van der Waals surface area contributed by atoms with Crippen molar-refractivity contribution in [1.29, 1.82) is 0 Å². The van der Waals surface area contributed by atoms with Gasteiger partial charge in [-0.05, 0) is 26.3 Å². The molecule has 1 aliphatic rings. The number of nitrogens with zero attached hydrogens (tertiary/aromatic N) is 1. The van der Waals surface area contributed by atoms with Crippen LogP contribution < -0.4 is 0 Å². The van der Waals surface area contributed by atoms with E-state index in [9.17, 15) is 0 Å². The van der Waals surface area contributed by atoms with Crippen LogP contribution in [-0.2, 0) is 0 Å². The van der Waals surface area contributed by atoms with Crippen molar-refractivity contribution < 1.29 is 5.11 Å². The van der Waals surface area contributed by atoms with E-state index in [4.69, 9.17) is 5.11 Å². The summed E-state index contributed by atoms with van der Waals surface area (Å²) < 4.78 is 0. The van der Waals surface area contributed by atoms with Crippen molar-refractivity contribution in [2.24, 2.45) is 5.92 Å². The third kappa shape index (κ3) is 3.75. The Morgan fingerprint density at radius 3 is 3.00 bits per heavy atom. The highest BCUT2D eigenvalue weighted by molar-refractivity contribution is 5.18. The normalized spacial score (nSPS) is 22.2. The van der Waals surface area contributed by atoms with Crippen molar-refractivity contribution in [1.82, 2.24) is 4.90 Å². The average Bonchev–Trinajstić information content (AvgIpc) is 2.04. The fraction of sp³-hybridized carbons (Fsp3) is 0.636. The maximum atomic E-state index is 8.75. The number of aliphatic hydroxyl groups is 1. The second-order valence-corrected chi connectivity index (χ2v) is 3.85. The van der Waals surface area contributed by atoms with Crippen LogP contribution in [0.15, 0.2) is 23.8 Å². The molecule has 0 amide bonds. The topological polar surface area (TPSA) is 23.5 Å². The lowest BCUT2D eigenvalue weighted by atomic mass is 9.95. The Bertz CT molecular complexity index is 208. The van der Waals surface area contributed by atoms with E-state index >= 15 is 0 Å². The SMILES string of the molecule is CC1=CC=CC(CN(C)CCO)C1. The van der Waals surface area contributed by atoms with Gasteiger partial charge >= 0.3 is 0 Å². The molecule has 0 radical (unpaired) electrons. The van der Waals surface area contributed by atoms with Crippen molar-refractivity contribution in [2.75, 3.05) is 26.7 Å². The van der Waals surface area contributed by atoms with Crippen LogP contribution in [-0.4, -0.2) is 36.8 Å². The molecule has 2 nitrogen and oxygen atoms in total. The lowest BCUT2D eigenvalue weighted by molar-refractivity contribution is 0.210. The second-order valence-electron chi connectivity index (χ2n) is 3.85. The molecule has 13 heavy (non-hydrogen) atoms. The number of aliphatic hydroxyl groups excluding tert-OH is 1. The fourth-order valence-corrected chi connectivity index (χ4v) is 1.71. The number of hydrogen-bond acceptors (Lipinski definition) is 2. The van der Waals surface area contributed by atoms with E-state index < -0.39 is 0 Å². The molecule has 0 saturated carbocycles. The van der Waals surface area contributed by atoms with Crippen LogP contribution in [0.4, 0.5) is 0 Å². The molecular formula is C11H19NO. The summed E-state index contributed by atoms with van der Waals surface area (Å²) in [7, 11) is 2.05. The minimum absolute atomic E-state index is 0.252. The summed E-state index contributed by atoms with van der Waals surface area (Å²) in [5, 5.41) is 8.75. The van der Waals surface area contributed by atoms with E-state index in [1.807, 2.05) is 0 Å². The maximum Gasteiger partial charge on any atom is 0.0558 e. The first kappa shape index (κ1) is 10.5. The fourth-order valence-electron chi connectivity index (χ4n) is 1.71. The third-order valence-corrected chi connectivity index (χ3v) is 2.38. The molecule has 0 aromatic rings. The van der Waals surface area contributed by atoms with Crippen molar-refractivity contribution in [2.45, 2.75) is 13.3 Å². The first-order valence-electron chi connectivity index (χ1n) is 4.85. The van der Waals surface area contributed by atoms with Crippen molar-refractivity contribution in [3.63, 3.8) is 0 Å². The molecular weight excluding hydrogens is 162 g/mol. The number of likely N-dealkylation sites (N-methyl/N-ethyl adjacent to an activating group) is 1. The molecule has 0 aromatic heterocycles. The zero-order valence-electron chi connectivity index (χ0n) is 8.53. The van der Waals surface area contributed by atoms with Crippen LogP contribution in [0.5, 0.6) is 0 Å². The van der Waals surface area contributed by atoms with Crippen molar-refractivity contribution in [3.8, 4) is 0 Å². The first-order chi connectivity index (χ1) is 6.22. The molecule has 0 bridgehead atoms. The van der Waals surface area contributed by atoms with Crippen LogP contribution in [0, 0.1) is 5.92 Å². The van der Waals surface area contributed by atoms with E-state index in [1.165, 1.54) is 5.57 Å². The largest absolute Gasteiger partial charge is 0.395 e. The molecule has 2 heteroatoms. The van der Waals surface area contributed by atoms with E-state index in [2.05, 4.69) is 37.1 Å². The van der Waals surface area contributed by atoms with Gasteiger partial charge in [0.25, 0.3) is 0 Å². The van der Waals surface area contributed by atoms with Gasteiger partial charge in [-0.1, -0.05) is 23.8 Å². The Hall–Kier alpha value is -0.600. The van der Waals surface area contributed by atoms with Crippen LogP contribution >= 0.6 is 0 Å². The van der Waals surface area contributed by atoms with Gasteiger partial charge in [-0.2, -0.15) is 0 Å². The highest BCUT2D eigenvalue weighted by atomic mass is 16.3. The summed E-state index contributed by atoms with van der Waals surface area (Å²) in [6, 6.07) is 0. The zero-order valence-corrected chi connectivity index (χ0v) is 8.53. The van der Waals surface area contributed by atoms with Crippen LogP contribution in [0.3, 0.4) is 0 Å². The molecule has 0 spiro atoms. The first-order valence-corrected chi connectivity index (χ1v) is 4.85. The summed E-state index contributed by atoms with van der Waals surface area (Å²) in [6.07, 6.45) is 7.71. The van der Waals surface area contributed by atoms with E-state index in [0.29, 0.717) is 5.92 Å². The monoisotopic (exact) mass is 181 g/mol. The molecule has 0 aliphatic heterocycles. The van der Waals surface area contributed by atoms with Gasteiger partial charge in [0.1, 0.15) is 0 Å². The van der Waals surface area contributed by atoms with Crippen molar-refractivity contribution >= 4 is 0 Å². The van der Waals surface area contributed by atoms with Gasteiger partial charge in [0.15, 0.2) is 0 Å². The average molecular weight is 181 g/mol. The maximum absolute atomic E-state index is 8.75. The summed E-state index contributed by atoms with van der Waals surface area (Å²) in [6.45, 7) is 4.24. The second kappa shape index (κ2) is 5.20. The summed E-state index contributed by atoms with van der Waals surface area (Å²) >= 11 is 0. The molecule has 0 aromatic carbocycles. The zero-order chi connectivity index (χ0) is 9.68. The van der Waals surface area contributed by atoms with Gasteiger partial charge in [-0.3, -0.25) is 0 Å². The number of allylic oxidation sites excluding steroid dienone is 3. The Balaban J connectivity index is 2.30. The van der Waals surface area contributed by atoms with Gasteiger partial charge in [0, 0.05) is 13.1 Å². The lowest BCUT2D eigenvalue weighted by Gasteiger charge is -2.22. The van der Waals surface area contributed by atoms with E-state index in [-0.39, 0.29) is 6.61 Å². The van der Waals surface area contributed by atoms with Crippen LogP contribution in [0.1, 0.15) is 13.3 Å². The highest BCUT2D eigenvalue weighted by Gasteiger charge is 2.10. The molecule has 74 valence electrons. The van der Waals surface area contributed by atoms with E-state index in [0.717, 1.165) is 19.5 Å². The minimum atomic E-state index is 0.252. The van der Waals surface area contributed by atoms with Crippen LogP contribution in [0.25, 0.3) is 0 Å². The van der Waals surface area contributed by atoms with Gasteiger partial charge in [-0.25, -0.2) is 0 Å². The molecule has 1 unspecified atom stereocenters. The van der Waals surface area contributed by atoms with Crippen LogP contribution in [0.2, 0.25) is 0 Å². The Labute approximate surface area is 80.6 Å². The van der Waals surface area contributed by atoms with Gasteiger partial charge < -0.3 is 10.0 Å².